The minimum absolute atomic E-state index is 1.24. The molecule has 0 heteroatoms. The topological polar surface area (TPSA) is 0 Å². The Morgan fingerprint density at radius 1 is 0.229 bits per heavy atom. The number of fused-ring (bicyclic) bond motifs is 7. The highest BCUT2D eigenvalue weighted by Gasteiger charge is 2.31. The summed E-state index contributed by atoms with van der Waals surface area (Å²) < 4.78 is 0. The Morgan fingerprint density at radius 3 is 1.42 bits per heavy atom. The van der Waals surface area contributed by atoms with Gasteiger partial charge in [0.2, 0.25) is 0 Å². The van der Waals surface area contributed by atoms with Crippen LogP contribution < -0.4 is 0 Å². The first kappa shape index (κ1) is 25.9. The van der Waals surface area contributed by atoms with Crippen molar-refractivity contribution < 1.29 is 0 Å². The van der Waals surface area contributed by atoms with E-state index in [0.717, 1.165) is 0 Å². The van der Waals surface area contributed by atoms with Crippen molar-refractivity contribution in [1.82, 2.24) is 0 Å². The molecule has 0 spiro atoms. The SMILES string of the molecule is c1ccc(-c2c3c(c(-c4ccccc4)c4cc(-c5ccc6c7c(cccc57)-c5ccccc5-6)ccc24)-c2cccc4cccc-3c24)cc1. The second-order valence-corrected chi connectivity index (χ2v) is 13.1. The molecule has 0 radical (unpaired) electrons. The van der Waals surface area contributed by atoms with Crippen molar-refractivity contribution in [1.29, 1.82) is 0 Å². The first-order chi connectivity index (χ1) is 23.8. The van der Waals surface area contributed by atoms with E-state index < -0.39 is 0 Å². The zero-order chi connectivity index (χ0) is 31.3. The summed E-state index contributed by atoms with van der Waals surface area (Å²) in [6.45, 7) is 0. The number of benzene rings is 9. The van der Waals surface area contributed by atoms with E-state index in [1.807, 2.05) is 0 Å². The number of hydrogen-bond acceptors (Lipinski definition) is 0. The van der Waals surface area contributed by atoms with Gasteiger partial charge in [-0.2, -0.15) is 0 Å². The summed E-state index contributed by atoms with van der Waals surface area (Å²) >= 11 is 0. The van der Waals surface area contributed by atoms with Crippen LogP contribution in [0, 0.1) is 0 Å². The number of rotatable bonds is 3. The van der Waals surface area contributed by atoms with Gasteiger partial charge in [0.15, 0.2) is 0 Å². The zero-order valence-electron chi connectivity index (χ0n) is 26.2. The minimum Gasteiger partial charge on any atom is -0.0622 e. The van der Waals surface area contributed by atoms with Crippen LogP contribution in [0.3, 0.4) is 0 Å². The molecule has 0 nitrogen and oxygen atoms in total. The summed E-state index contributed by atoms with van der Waals surface area (Å²) in [6.07, 6.45) is 0. The van der Waals surface area contributed by atoms with Gasteiger partial charge >= 0.3 is 0 Å². The number of hydrogen-bond donors (Lipinski definition) is 0. The molecule has 48 heavy (non-hydrogen) atoms. The first-order valence-electron chi connectivity index (χ1n) is 16.8. The summed E-state index contributed by atoms with van der Waals surface area (Å²) in [5, 5.41) is 7.88. The Morgan fingerprint density at radius 2 is 0.750 bits per heavy atom. The molecule has 0 amide bonds. The molecule has 0 unspecified atom stereocenters. The van der Waals surface area contributed by atoms with E-state index in [9.17, 15) is 0 Å². The fourth-order valence-electron chi connectivity index (χ4n) is 8.82. The third kappa shape index (κ3) is 3.39. The van der Waals surface area contributed by atoms with Crippen LogP contribution in [0.4, 0.5) is 0 Å². The highest BCUT2D eigenvalue weighted by Crippen LogP contribution is 2.58. The van der Waals surface area contributed by atoms with Crippen LogP contribution in [0.25, 0.3) is 110 Å². The lowest BCUT2D eigenvalue weighted by atomic mass is 9.81. The molecular weight excluding hydrogens is 577 g/mol. The molecule has 0 aromatic heterocycles. The lowest BCUT2D eigenvalue weighted by Gasteiger charge is -2.21. The van der Waals surface area contributed by atoms with E-state index in [2.05, 4.69) is 170 Å². The van der Waals surface area contributed by atoms with Crippen LogP contribution in [0.1, 0.15) is 0 Å². The Kier molecular flexibility index (Phi) is 5.20. The first-order valence-corrected chi connectivity index (χ1v) is 16.8. The van der Waals surface area contributed by atoms with Crippen molar-refractivity contribution >= 4 is 32.3 Å². The molecule has 0 saturated carbocycles. The molecule has 0 saturated heterocycles. The molecule has 0 aliphatic heterocycles. The third-order valence-electron chi connectivity index (χ3n) is 10.7. The van der Waals surface area contributed by atoms with Crippen molar-refractivity contribution in [2.45, 2.75) is 0 Å². The van der Waals surface area contributed by atoms with Gasteiger partial charge in [0, 0.05) is 0 Å². The Hall–Kier alpha value is -6.24. The standard InChI is InChI=1S/C48H28/c1-3-12-30(13-4-1)44-39-25-24-32(33-26-27-38-35-19-8-7-18-34(35)37-21-11-20-36(33)46(37)38)28-42(39)45(31-14-5-2-6-15-31)48-41-23-10-17-29-16-9-22-40(43(29)41)47(44)48/h1-28H. The summed E-state index contributed by atoms with van der Waals surface area (Å²) in [5.41, 5.74) is 18.3. The van der Waals surface area contributed by atoms with Crippen LogP contribution in [0.5, 0.6) is 0 Å². The van der Waals surface area contributed by atoms with E-state index in [-0.39, 0.29) is 0 Å². The lowest BCUT2D eigenvalue weighted by molar-refractivity contribution is 1.62. The second kappa shape index (κ2) is 9.64. The highest BCUT2D eigenvalue weighted by atomic mass is 14.3. The second-order valence-electron chi connectivity index (χ2n) is 13.1. The molecule has 220 valence electrons. The third-order valence-corrected chi connectivity index (χ3v) is 10.7. The summed E-state index contributed by atoms with van der Waals surface area (Å²) in [5.74, 6) is 0. The normalized spacial score (nSPS) is 12.2. The van der Waals surface area contributed by atoms with Crippen LogP contribution >= 0.6 is 0 Å². The quantitative estimate of drug-likeness (QED) is 0.188. The fourth-order valence-corrected chi connectivity index (χ4v) is 8.82. The van der Waals surface area contributed by atoms with E-state index in [1.54, 1.807) is 0 Å². The Balaban J connectivity index is 1.28. The summed E-state index contributed by atoms with van der Waals surface area (Å²) in [4.78, 5) is 0. The van der Waals surface area contributed by atoms with Gasteiger partial charge in [-0.3, -0.25) is 0 Å². The van der Waals surface area contributed by atoms with Gasteiger partial charge in [-0.15, -0.1) is 0 Å². The molecule has 0 fully saturated rings. The van der Waals surface area contributed by atoms with Crippen molar-refractivity contribution in [3.05, 3.63) is 170 Å². The van der Waals surface area contributed by atoms with Crippen molar-refractivity contribution in [2.24, 2.45) is 0 Å². The Labute approximate surface area is 279 Å². The minimum atomic E-state index is 1.24. The average molecular weight is 605 g/mol. The van der Waals surface area contributed by atoms with Crippen LogP contribution in [0.2, 0.25) is 0 Å². The van der Waals surface area contributed by atoms with Crippen LogP contribution in [-0.2, 0) is 0 Å². The molecule has 11 rings (SSSR count). The van der Waals surface area contributed by atoms with Gasteiger partial charge in [0.25, 0.3) is 0 Å². The van der Waals surface area contributed by atoms with Crippen LogP contribution in [0.15, 0.2) is 170 Å². The van der Waals surface area contributed by atoms with Crippen molar-refractivity contribution in [2.75, 3.05) is 0 Å². The van der Waals surface area contributed by atoms with Gasteiger partial charge in [-0.1, -0.05) is 164 Å². The molecule has 0 atom stereocenters. The van der Waals surface area contributed by atoms with E-state index in [0.29, 0.717) is 0 Å². The molecule has 2 aliphatic carbocycles. The summed E-state index contributed by atoms with van der Waals surface area (Å²) in [6, 6.07) is 63.2. The van der Waals surface area contributed by atoms with E-state index in [4.69, 9.17) is 0 Å². The average Bonchev–Trinajstić information content (AvgIpc) is 3.66. The fraction of sp³-hybridized carbons (Fsp3) is 0. The monoisotopic (exact) mass is 604 g/mol. The lowest BCUT2D eigenvalue weighted by Crippen LogP contribution is -1.94. The van der Waals surface area contributed by atoms with Gasteiger partial charge in [0.1, 0.15) is 0 Å². The highest BCUT2D eigenvalue weighted by molar-refractivity contribution is 6.28. The molecule has 9 aromatic rings. The largest absolute Gasteiger partial charge is 0.0622 e. The van der Waals surface area contributed by atoms with Crippen molar-refractivity contribution in [3.8, 4) is 77.9 Å². The van der Waals surface area contributed by atoms with Gasteiger partial charge in [-0.05, 0) is 116 Å². The van der Waals surface area contributed by atoms with Crippen LogP contribution in [-0.4, -0.2) is 0 Å². The molecule has 0 bridgehead atoms. The van der Waals surface area contributed by atoms with Gasteiger partial charge < -0.3 is 0 Å². The molecular formula is C48H28. The molecule has 9 aromatic carbocycles. The predicted octanol–water partition coefficient (Wildman–Crippen LogP) is 13.4. The predicted molar refractivity (Wildman–Crippen MR) is 204 cm³/mol. The van der Waals surface area contributed by atoms with E-state index in [1.165, 1.54) is 110 Å². The Bertz CT molecular complexity index is 2770. The zero-order valence-corrected chi connectivity index (χ0v) is 26.2. The maximum Gasteiger partial charge on any atom is -0.000741 e. The molecule has 0 N–H and O–H groups in total. The van der Waals surface area contributed by atoms with Gasteiger partial charge in [-0.25, -0.2) is 0 Å². The smallest absolute Gasteiger partial charge is 0.000741 e. The molecule has 0 heterocycles. The molecule has 2 aliphatic rings. The maximum absolute atomic E-state index is 2.47. The summed E-state index contributed by atoms with van der Waals surface area (Å²) in [7, 11) is 0. The van der Waals surface area contributed by atoms with Crippen molar-refractivity contribution in [3.63, 3.8) is 0 Å². The maximum atomic E-state index is 2.47. The van der Waals surface area contributed by atoms with E-state index >= 15 is 0 Å². The van der Waals surface area contributed by atoms with Gasteiger partial charge in [0.05, 0.1) is 0 Å².